The highest BCUT2D eigenvalue weighted by molar-refractivity contribution is 7.90. The highest BCUT2D eigenvalue weighted by Gasteiger charge is 2.08. The van der Waals surface area contributed by atoms with Crippen molar-refractivity contribution in [2.45, 2.75) is 0 Å². The summed E-state index contributed by atoms with van der Waals surface area (Å²) in [7, 11) is -1.58. The van der Waals surface area contributed by atoms with Crippen molar-refractivity contribution in [1.82, 2.24) is 15.5 Å². The molecule has 23 heavy (non-hydrogen) atoms. The van der Waals surface area contributed by atoms with E-state index in [0.29, 0.717) is 17.1 Å². The summed E-state index contributed by atoms with van der Waals surface area (Å²) in [4.78, 5) is 11.9. The van der Waals surface area contributed by atoms with Gasteiger partial charge in [0.2, 0.25) is 5.88 Å². The van der Waals surface area contributed by atoms with Gasteiger partial charge in [0.1, 0.15) is 9.84 Å². The minimum atomic E-state index is -3.09. The normalized spacial score (nSPS) is 11.0. The number of hydrogen-bond acceptors (Lipinski definition) is 6. The van der Waals surface area contributed by atoms with Gasteiger partial charge in [0, 0.05) is 30.0 Å². The lowest BCUT2D eigenvalue weighted by Gasteiger charge is -2.06. The molecule has 1 amide bonds. The van der Waals surface area contributed by atoms with Gasteiger partial charge in [-0.3, -0.25) is 4.79 Å². The second-order valence-electron chi connectivity index (χ2n) is 4.92. The molecule has 0 saturated heterocycles. The number of aromatic nitrogens is 2. The number of sulfone groups is 1. The Bertz CT molecular complexity index is 771. The molecule has 1 N–H and O–H groups in total. The average Bonchev–Trinajstić information content (AvgIpc) is 2.54. The molecule has 2 aromatic rings. The number of rotatable bonds is 6. The summed E-state index contributed by atoms with van der Waals surface area (Å²) in [5.74, 6) is 0.0229. The van der Waals surface area contributed by atoms with E-state index in [2.05, 4.69) is 15.5 Å². The summed E-state index contributed by atoms with van der Waals surface area (Å²) in [6, 6.07) is 10.3. The maximum atomic E-state index is 11.9. The first-order valence-electron chi connectivity index (χ1n) is 6.83. The first kappa shape index (κ1) is 16.9. The van der Waals surface area contributed by atoms with Gasteiger partial charge in [0.05, 0.1) is 18.6 Å². The fourth-order valence-electron chi connectivity index (χ4n) is 1.83. The number of amides is 1. The molecule has 122 valence electrons. The monoisotopic (exact) mass is 335 g/mol. The summed E-state index contributed by atoms with van der Waals surface area (Å²) in [6.07, 6.45) is 1.13. The van der Waals surface area contributed by atoms with Crippen LogP contribution in [0.25, 0.3) is 11.3 Å². The molecule has 7 nitrogen and oxygen atoms in total. The van der Waals surface area contributed by atoms with Crippen LogP contribution < -0.4 is 10.1 Å². The Morgan fingerprint density at radius 2 is 1.83 bits per heavy atom. The Kier molecular flexibility index (Phi) is 5.28. The predicted molar refractivity (Wildman–Crippen MR) is 86.1 cm³/mol. The molecule has 0 aliphatic heterocycles. The Labute approximate surface area is 134 Å². The fourth-order valence-corrected chi connectivity index (χ4v) is 2.30. The number of ether oxygens (including phenoxy) is 1. The fraction of sp³-hybridized carbons (Fsp3) is 0.267. The van der Waals surface area contributed by atoms with Gasteiger partial charge in [-0.15, -0.1) is 10.2 Å². The zero-order chi connectivity index (χ0) is 16.9. The Morgan fingerprint density at radius 3 is 2.35 bits per heavy atom. The summed E-state index contributed by atoms with van der Waals surface area (Å²) >= 11 is 0. The molecule has 1 aromatic heterocycles. The highest BCUT2D eigenvalue weighted by atomic mass is 32.2. The average molecular weight is 335 g/mol. The van der Waals surface area contributed by atoms with Crippen LogP contribution in [-0.4, -0.2) is 50.2 Å². The number of benzene rings is 1. The quantitative estimate of drug-likeness (QED) is 0.843. The number of carbonyl (C=O) groups is 1. The molecule has 2 rings (SSSR count). The van der Waals surface area contributed by atoms with Crippen LogP contribution in [0.5, 0.6) is 5.88 Å². The third-order valence-corrected chi connectivity index (χ3v) is 4.00. The highest BCUT2D eigenvalue weighted by Crippen LogP contribution is 2.18. The third kappa shape index (κ3) is 5.03. The smallest absolute Gasteiger partial charge is 0.251 e. The van der Waals surface area contributed by atoms with Gasteiger partial charge in [-0.25, -0.2) is 8.42 Å². The molecular formula is C15H17N3O4S. The van der Waals surface area contributed by atoms with Gasteiger partial charge >= 0.3 is 0 Å². The maximum Gasteiger partial charge on any atom is 0.251 e. The van der Waals surface area contributed by atoms with E-state index < -0.39 is 9.84 Å². The third-order valence-electron chi connectivity index (χ3n) is 3.05. The predicted octanol–water partition coefficient (Wildman–Crippen LogP) is 0.927. The Balaban J connectivity index is 2.02. The van der Waals surface area contributed by atoms with Crippen molar-refractivity contribution < 1.29 is 17.9 Å². The summed E-state index contributed by atoms with van der Waals surface area (Å²) in [6.45, 7) is 0.0867. The SMILES string of the molecule is COc1ccc(-c2ccc(C(=O)NCCS(C)(=O)=O)cc2)nn1. The molecule has 0 spiro atoms. The number of carbonyl (C=O) groups excluding carboxylic acids is 1. The molecule has 0 aliphatic carbocycles. The molecule has 0 aliphatic rings. The van der Waals surface area contributed by atoms with Crippen LogP contribution in [0.15, 0.2) is 36.4 Å². The molecule has 0 bridgehead atoms. The van der Waals surface area contributed by atoms with Crippen molar-refractivity contribution in [2.75, 3.05) is 25.7 Å². The van der Waals surface area contributed by atoms with E-state index in [9.17, 15) is 13.2 Å². The van der Waals surface area contributed by atoms with E-state index in [4.69, 9.17) is 4.74 Å². The zero-order valence-electron chi connectivity index (χ0n) is 12.8. The molecule has 0 atom stereocenters. The van der Waals surface area contributed by atoms with E-state index in [1.807, 2.05) is 0 Å². The van der Waals surface area contributed by atoms with Crippen molar-refractivity contribution in [1.29, 1.82) is 0 Å². The number of methoxy groups -OCH3 is 1. The van der Waals surface area contributed by atoms with Crippen molar-refractivity contribution >= 4 is 15.7 Å². The lowest BCUT2D eigenvalue weighted by atomic mass is 10.1. The first-order valence-corrected chi connectivity index (χ1v) is 8.89. The van der Waals surface area contributed by atoms with Crippen LogP contribution in [0.3, 0.4) is 0 Å². The first-order chi connectivity index (χ1) is 10.9. The van der Waals surface area contributed by atoms with E-state index in [1.165, 1.54) is 7.11 Å². The van der Waals surface area contributed by atoms with E-state index in [-0.39, 0.29) is 18.2 Å². The van der Waals surface area contributed by atoms with Crippen LogP contribution in [0.4, 0.5) is 0 Å². The molecule has 0 radical (unpaired) electrons. The lowest BCUT2D eigenvalue weighted by molar-refractivity contribution is 0.0956. The summed E-state index contributed by atoms with van der Waals surface area (Å²) < 4.78 is 27.0. The Hall–Kier alpha value is -2.48. The second-order valence-corrected chi connectivity index (χ2v) is 7.18. The topological polar surface area (TPSA) is 98.2 Å². The zero-order valence-corrected chi connectivity index (χ0v) is 13.6. The van der Waals surface area contributed by atoms with Crippen molar-refractivity contribution in [3.63, 3.8) is 0 Å². The van der Waals surface area contributed by atoms with Crippen LogP contribution in [0.2, 0.25) is 0 Å². The maximum absolute atomic E-state index is 11.9. The number of nitrogens with one attached hydrogen (secondary N) is 1. The molecule has 0 saturated carbocycles. The van der Waals surface area contributed by atoms with Gasteiger partial charge in [-0.2, -0.15) is 0 Å². The van der Waals surface area contributed by atoms with E-state index in [1.54, 1.807) is 36.4 Å². The largest absolute Gasteiger partial charge is 0.480 e. The van der Waals surface area contributed by atoms with Crippen LogP contribution in [-0.2, 0) is 9.84 Å². The van der Waals surface area contributed by atoms with E-state index >= 15 is 0 Å². The molecule has 8 heteroatoms. The van der Waals surface area contributed by atoms with E-state index in [0.717, 1.165) is 11.8 Å². The van der Waals surface area contributed by atoms with Gasteiger partial charge in [-0.05, 0) is 18.2 Å². The van der Waals surface area contributed by atoms with Crippen LogP contribution >= 0.6 is 0 Å². The molecule has 1 heterocycles. The summed E-state index contributed by atoms with van der Waals surface area (Å²) in [5, 5.41) is 10.5. The lowest BCUT2D eigenvalue weighted by Crippen LogP contribution is -2.28. The standard InChI is InChI=1S/C15H17N3O4S/c1-22-14-8-7-13(17-18-14)11-3-5-12(6-4-11)15(19)16-9-10-23(2,20)21/h3-8H,9-10H2,1-2H3,(H,16,19). The van der Waals surface area contributed by atoms with Crippen molar-refractivity contribution in [3.05, 3.63) is 42.0 Å². The van der Waals surface area contributed by atoms with Gasteiger partial charge < -0.3 is 10.1 Å². The number of hydrogen-bond donors (Lipinski definition) is 1. The Morgan fingerprint density at radius 1 is 1.13 bits per heavy atom. The molecule has 0 fully saturated rings. The minimum Gasteiger partial charge on any atom is -0.480 e. The van der Waals surface area contributed by atoms with Gasteiger partial charge in [0.15, 0.2) is 0 Å². The summed E-state index contributed by atoms with van der Waals surface area (Å²) in [5.41, 5.74) is 1.92. The molecular weight excluding hydrogens is 318 g/mol. The van der Waals surface area contributed by atoms with Gasteiger partial charge in [-0.1, -0.05) is 12.1 Å². The van der Waals surface area contributed by atoms with Crippen molar-refractivity contribution in [3.8, 4) is 17.1 Å². The second kappa shape index (κ2) is 7.19. The molecule has 0 unspecified atom stereocenters. The number of nitrogens with zero attached hydrogens (tertiary/aromatic N) is 2. The van der Waals surface area contributed by atoms with Crippen LogP contribution in [0.1, 0.15) is 10.4 Å². The molecule has 1 aromatic carbocycles. The van der Waals surface area contributed by atoms with Crippen molar-refractivity contribution in [2.24, 2.45) is 0 Å². The van der Waals surface area contributed by atoms with Gasteiger partial charge in [0.25, 0.3) is 5.91 Å². The minimum absolute atomic E-state index is 0.0851. The van der Waals surface area contributed by atoms with Crippen LogP contribution in [0, 0.1) is 0 Å².